The van der Waals surface area contributed by atoms with Crippen LogP contribution < -0.4 is 18.9 Å². The average Bonchev–Trinajstić information content (AvgIpc) is 3.76. The van der Waals surface area contributed by atoms with Crippen molar-refractivity contribution in [2.24, 2.45) is 9.98 Å². The van der Waals surface area contributed by atoms with Gasteiger partial charge in [-0.25, -0.2) is 0 Å². The van der Waals surface area contributed by atoms with Crippen molar-refractivity contribution in [1.82, 2.24) is 10.3 Å². The van der Waals surface area contributed by atoms with Crippen molar-refractivity contribution < 1.29 is 28.0 Å². The molecule has 6 aromatic rings. The summed E-state index contributed by atoms with van der Waals surface area (Å²) in [6, 6.07) is 31.4. The summed E-state index contributed by atoms with van der Waals surface area (Å²) in [6.45, 7) is 9.18. The van der Waals surface area contributed by atoms with Crippen LogP contribution in [-0.2, 0) is 13.2 Å². The molecule has 0 spiro atoms. The molecular formula is C40H38N4O6. The van der Waals surface area contributed by atoms with Gasteiger partial charge in [-0.15, -0.1) is 0 Å². The van der Waals surface area contributed by atoms with E-state index in [2.05, 4.69) is 44.6 Å². The molecule has 254 valence electrons. The van der Waals surface area contributed by atoms with E-state index in [0.717, 1.165) is 45.0 Å². The number of hydrogen-bond acceptors (Lipinski definition) is 10. The van der Waals surface area contributed by atoms with E-state index < -0.39 is 0 Å². The van der Waals surface area contributed by atoms with E-state index in [1.807, 2.05) is 113 Å². The van der Waals surface area contributed by atoms with E-state index in [1.165, 1.54) is 0 Å². The summed E-state index contributed by atoms with van der Waals surface area (Å²) in [5, 5.41) is 7.80. The summed E-state index contributed by atoms with van der Waals surface area (Å²) in [7, 11) is 0. The fourth-order valence-electron chi connectivity index (χ4n) is 5.03. The molecule has 0 atom stereocenters. The lowest BCUT2D eigenvalue weighted by atomic mass is 10.1. The normalized spacial score (nSPS) is 11.4. The monoisotopic (exact) mass is 670 g/mol. The summed E-state index contributed by atoms with van der Waals surface area (Å²) in [5.74, 6) is 3.85. The molecule has 0 radical (unpaired) electrons. The van der Waals surface area contributed by atoms with Gasteiger partial charge in [0.05, 0.1) is 36.0 Å². The molecule has 0 saturated heterocycles. The number of aliphatic imine (C=N–C) groups is 2. The number of nitrogens with zero attached hydrogens (tertiary/aromatic N) is 4. The Labute approximate surface area is 291 Å². The third-order valence-electron chi connectivity index (χ3n) is 7.42. The van der Waals surface area contributed by atoms with E-state index in [1.54, 1.807) is 0 Å². The Bertz CT molecular complexity index is 1910. The quantitative estimate of drug-likeness (QED) is 0.0993. The second-order valence-corrected chi connectivity index (χ2v) is 11.3. The Balaban J connectivity index is 1.06. The maximum atomic E-state index is 5.92. The Morgan fingerprint density at radius 2 is 0.940 bits per heavy atom. The predicted octanol–water partition coefficient (Wildman–Crippen LogP) is 9.40. The van der Waals surface area contributed by atoms with Crippen molar-refractivity contribution in [3.63, 3.8) is 0 Å². The van der Waals surface area contributed by atoms with Gasteiger partial charge in [0.15, 0.2) is 34.5 Å². The van der Waals surface area contributed by atoms with Crippen LogP contribution >= 0.6 is 0 Å². The molecule has 6 rings (SSSR count). The van der Waals surface area contributed by atoms with Crippen molar-refractivity contribution in [3.05, 3.63) is 131 Å². The molecule has 0 aliphatic rings. The van der Waals surface area contributed by atoms with Crippen LogP contribution in [0.4, 0.5) is 11.4 Å². The summed E-state index contributed by atoms with van der Waals surface area (Å²) < 4.78 is 33.9. The van der Waals surface area contributed by atoms with Gasteiger partial charge in [0.2, 0.25) is 0 Å². The molecule has 50 heavy (non-hydrogen) atoms. The van der Waals surface area contributed by atoms with E-state index in [9.17, 15) is 0 Å². The van der Waals surface area contributed by atoms with Gasteiger partial charge in [0.1, 0.15) is 13.2 Å². The first-order chi connectivity index (χ1) is 24.4. The Morgan fingerprint density at radius 3 is 1.30 bits per heavy atom. The minimum Gasteiger partial charge on any atom is -0.490 e. The van der Waals surface area contributed by atoms with Crippen molar-refractivity contribution in [2.45, 2.75) is 40.9 Å². The SMILES string of the molecule is CCOc1cc(C=Nc2ccc(-c3ccc(N=Cc4ccc(OCc5cc(C)no5)c(OCC)c4)cc3)cc2)ccc1OCc1cc(C)no1. The van der Waals surface area contributed by atoms with Gasteiger partial charge in [-0.3, -0.25) is 9.98 Å². The van der Waals surface area contributed by atoms with Crippen LogP contribution in [0.2, 0.25) is 0 Å². The minimum absolute atomic E-state index is 0.268. The molecule has 0 unspecified atom stereocenters. The number of ether oxygens (including phenoxy) is 4. The highest BCUT2D eigenvalue weighted by molar-refractivity contribution is 5.84. The molecule has 10 heteroatoms. The maximum absolute atomic E-state index is 5.92. The molecule has 0 fully saturated rings. The Hall–Kier alpha value is -6.16. The van der Waals surface area contributed by atoms with Gasteiger partial charge in [-0.1, -0.05) is 34.6 Å². The lowest BCUT2D eigenvalue weighted by Crippen LogP contribution is -2.00. The van der Waals surface area contributed by atoms with Crippen molar-refractivity contribution >= 4 is 23.8 Å². The molecule has 2 heterocycles. The molecule has 0 aliphatic heterocycles. The van der Waals surface area contributed by atoms with Crippen molar-refractivity contribution in [1.29, 1.82) is 0 Å². The summed E-state index contributed by atoms with van der Waals surface area (Å²) in [4.78, 5) is 9.33. The maximum Gasteiger partial charge on any atom is 0.174 e. The zero-order chi connectivity index (χ0) is 34.7. The standard InChI is InChI=1S/C40H38N4O6/c1-5-45-39-21-29(7-17-37(39)47-25-35-19-27(3)43-49-35)23-41-33-13-9-31(10-14-33)32-11-15-34(16-12-32)42-24-30-8-18-38(40(22-30)46-6-2)48-26-36-20-28(4)44-50-36/h7-24H,5-6,25-26H2,1-4H3. The first-order valence-corrected chi connectivity index (χ1v) is 16.4. The van der Waals surface area contributed by atoms with Crippen LogP contribution in [-0.4, -0.2) is 36.0 Å². The molecule has 0 aliphatic carbocycles. The van der Waals surface area contributed by atoms with Gasteiger partial charge in [-0.05, 0) is 111 Å². The fourth-order valence-corrected chi connectivity index (χ4v) is 5.03. The number of aryl methyl sites for hydroxylation is 2. The number of rotatable bonds is 15. The van der Waals surface area contributed by atoms with E-state index in [-0.39, 0.29) is 13.2 Å². The highest BCUT2D eigenvalue weighted by Crippen LogP contribution is 2.31. The van der Waals surface area contributed by atoms with Gasteiger partial charge in [-0.2, -0.15) is 0 Å². The zero-order valence-electron chi connectivity index (χ0n) is 28.5. The third-order valence-corrected chi connectivity index (χ3v) is 7.42. The van der Waals surface area contributed by atoms with Gasteiger partial charge >= 0.3 is 0 Å². The molecule has 2 aromatic heterocycles. The second-order valence-electron chi connectivity index (χ2n) is 11.3. The van der Waals surface area contributed by atoms with Crippen LogP contribution in [0, 0.1) is 13.8 Å². The molecule has 0 bridgehead atoms. The topological polar surface area (TPSA) is 114 Å². The highest BCUT2D eigenvalue weighted by atomic mass is 16.5. The van der Waals surface area contributed by atoms with Gasteiger partial charge < -0.3 is 28.0 Å². The van der Waals surface area contributed by atoms with Gasteiger partial charge in [0.25, 0.3) is 0 Å². The molecular weight excluding hydrogens is 632 g/mol. The van der Waals surface area contributed by atoms with Crippen LogP contribution in [0.5, 0.6) is 23.0 Å². The predicted molar refractivity (Wildman–Crippen MR) is 193 cm³/mol. The molecule has 10 nitrogen and oxygen atoms in total. The lowest BCUT2D eigenvalue weighted by Gasteiger charge is -2.11. The number of hydrogen-bond donors (Lipinski definition) is 0. The Morgan fingerprint density at radius 1 is 0.520 bits per heavy atom. The van der Waals surface area contributed by atoms with E-state index >= 15 is 0 Å². The lowest BCUT2D eigenvalue weighted by molar-refractivity contribution is 0.233. The minimum atomic E-state index is 0.268. The fraction of sp³-hybridized carbons (Fsp3) is 0.200. The average molecular weight is 671 g/mol. The number of benzene rings is 4. The van der Waals surface area contributed by atoms with Crippen LogP contribution in [0.3, 0.4) is 0 Å². The molecule has 0 amide bonds. The molecule has 0 saturated carbocycles. The van der Waals surface area contributed by atoms with Crippen LogP contribution in [0.25, 0.3) is 11.1 Å². The summed E-state index contributed by atoms with van der Waals surface area (Å²) >= 11 is 0. The van der Waals surface area contributed by atoms with Crippen molar-refractivity contribution in [2.75, 3.05) is 13.2 Å². The Kier molecular flexibility index (Phi) is 11.0. The largest absolute Gasteiger partial charge is 0.490 e. The van der Waals surface area contributed by atoms with Crippen LogP contribution in [0.1, 0.15) is 47.9 Å². The van der Waals surface area contributed by atoms with Gasteiger partial charge in [0, 0.05) is 24.6 Å². The van der Waals surface area contributed by atoms with Crippen LogP contribution in [0.15, 0.2) is 116 Å². The summed E-state index contributed by atoms with van der Waals surface area (Å²) in [5.41, 5.74) is 7.25. The molecule has 0 N–H and O–H groups in total. The number of aromatic nitrogens is 2. The smallest absolute Gasteiger partial charge is 0.174 e. The third kappa shape index (κ3) is 9.04. The second kappa shape index (κ2) is 16.3. The first-order valence-electron chi connectivity index (χ1n) is 16.4. The van der Waals surface area contributed by atoms with E-state index in [0.29, 0.717) is 47.7 Å². The first kappa shape index (κ1) is 33.7. The highest BCUT2D eigenvalue weighted by Gasteiger charge is 2.10. The van der Waals surface area contributed by atoms with Crippen molar-refractivity contribution in [3.8, 4) is 34.1 Å². The zero-order valence-corrected chi connectivity index (χ0v) is 28.5. The molecule has 4 aromatic carbocycles. The summed E-state index contributed by atoms with van der Waals surface area (Å²) in [6.07, 6.45) is 3.62. The van der Waals surface area contributed by atoms with E-state index in [4.69, 9.17) is 28.0 Å².